The molecule has 1 N–H and O–H groups in total. The highest BCUT2D eigenvalue weighted by Crippen LogP contribution is 2.51. The van der Waals surface area contributed by atoms with E-state index in [9.17, 15) is 14.7 Å². The first-order chi connectivity index (χ1) is 10.6. The molecule has 0 radical (unpaired) electrons. The molecule has 0 saturated carbocycles. The van der Waals surface area contributed by atoms with Crippen LogP contribution in [0.4, 0.5) is 0 Å². The molecular weight excluding hydrogens is 282 g/mol. The van der Waals surface area contributed by atoms with Gasteiger partial charge >= 0.3 is 5.97 Å². The molecule has 0 aromatic rings. The number of hydrogen-bond donors (Lipinski definition) is 1. The van der Waals surface area contributed by atoms with Gasteiger partial charge in [-0.3, -0.25) is 9.59 Å². The second-order valence-electron chi connectivity index (χ2n) is 6.86. The van der Waals surface area contributed by atoms with Gasteiger partial charge in [-0.05, 0) is 32.1 Å². The summed E-state index contributed by atoms with van der Waals surface area (Å²) in [5, 5.41) is 9.42. The second-order valence-corrected chi connectivity index (χ2v) is 6.86. The summed E-state index contributed by atoms with van der Waals surface area (Å²) in [6.07, 6.45) is 11.3. The molecule has 2 fully saturated rings. The maximum absolute atomic E-state index is 12.7. The van der Waals surface area contributed by atoms with Gasteiger partial charge in [-0.2, -0.15) is 0 Å². The van der Waals surface area contributed by atoms with E-state index in [1.54, 1.807) is 0 Å². The van der Waals surface area contributed by atoms with Crippen molar-refractivity contribution in [1.29, 1.82) is 0 Å². The lowest BCUT2D eigenvalue weighted by Gasteiger charge is -2.22. The Morgan fingerprint density at radius 3 is 3.05 bits per heavy atom. The standard InChI is InChI=1S/C17H21NO4/c19-15-14-13(16(20)21)12-6-8-17(14,22-12)10-18(15)9-7-11-4-2-1-3-5-11/h4,6,8,12-14H,1-3,5,7,9-10H2,(H,20,21). The molecule has 118 valence electrons. The Bertz CT molecular complexity index is 581. The first-order valence-electron chi connectivity index (χ1n) is 8.17. The van der Waals surface area contributed by atoms with Gasteiger partial charge in [-0.25, -0.2) is 0 Å². The minimum atomic E-state index is -0.925. The van der Waals surface area contributed by atoms with E-state index in [-0.39, 0.29) is 5.91 Å². The average Bonchev–Trinajstić information content (AvgIpc) is 3.14. The second kappa shape index (κ2) is 4.95. The molecule has 0 aromatic heterocycles. The molecule has 1 amide bonds. The van der Waals surface area contributed by atoms with Crippen molar-refractivity contribution in [2.24, 2.45) is 11.8 Å². The van der Waals surface area contributed by atoms with Crippen molar-refractivity contribution in [1.82, 2.24) is 4.90 Å². The molecule has 3 heterocycles. The van der Waals surface area contributed by atoms with Crippen LogP contribution in [0.2, 0.25) is 0 Å². The van der Waals surface area contributed by atoms with Crippen LogP contribution in [0.5, 0.6) is 0 Å². The lowest BCUT2D eigenvalue weighted by atomic mass is 9.77. The van der Waals surface area contributed by atoms with Crippen molar-refractivity contribution < 1.29 is 19.4 Å². The van der Waals surface area contributed by atoms with Crippen LogP contribution in [0.15, 0.2) is 23.8 Å². The fourth-order valence-electron chi connectivity index (χ4n) is 4.46. The number of rotatable bonds is 4. The number of nitrogens with zero attached hydrogens (tertiary/aromatic N) is 1. The molecule has 4 aliphatic rings. The zero-order valence-corrected chi connectivity index (χ0v) is 12.5. The van der Waals surface area contributed by atoms with E-state index in [0.29, 0.717) is 13.1 Å². The summed E-state index contributed by atoms with van der Waals surface area (Å²) in [6, 6.07) is 0. The van der Waals surface area contributed by atoms with Crippen LogP contribution in [0.3, 0.4) is 0 Å². The van der Waals surface area contributed by atoms with Gasteiger partial charge in [-0.15, -0.1) is 0 Å². The zero-order valence-electron chi connectivity index (χ0n) is 12.5. The Labute approximate surface area is 129 Å². The molecule has 1 aliphatic carbocycles. The molecule has 5 heteroatoms. The summed E-state index contributed by atoms with van der Waals surface area (Å²) in [4.78, 5) is 26.0. The van der Waals surface area contributed by atoms with Crippen LogP contribution in [0, 0.1) is 11.8 Å². The van der Waals surface area contributed by atoms with Gasteiger partial charge in [0.25, 0.3) is 0 Å². The Morgan fingerprint density at radius 2 is 2.32 bits per heavy atom. The molecule has 2 bridgehead atoms. The first kappa shape index (κ1) is 14.0. The van der Waals surface area contributed by atoms with Crippen LogP contribution in [-0.4, -0.2) is 46.7 Å². The molecule has 1 spiro atoms. The minimum Gasteiger partial charge on any atom is -0.481 e. The summed E-state index contributed by atoms with van der Waals surface area (Å²) in [7, 11) is 0. The summed E-state index contributed by atoms with van der Waals surface area (Å²) in [5.41, 5.74) is 0.746. The van der Waals surface area contributed by atoms with E-state index < -0.39 is 29.5 Å². The Hall–Kier alpha value is -1.62. The van der Waals surface area contributed by atoms with Gasteiger partial charge in [0.1, 0.15) is 11.5 Å². The molecule has 5 nitrogen and oxygen atoms in total. The van der Waals surface area contributed by atoms with Crippen molar-refractivity contribution in [2.45, 2.75) is 43.8 Å². The van der Waals surface area contributed by atoms with Crippen molar-refractivity contribution >= 4 is 11.9 Å². The predicted molar refractivity (Wildman–Crippen MR) is 79.1 cm³/mol. The monoisotopic (exact) mass is 303 g/mol. The molecule has 2 saturated heterocycles. The van der Waals surface area contributed by atoms with Crippen LogP contribution in [-0.2, 0) is 14.3 Å². The van der Waals surface area contributed by atoms with Gasteiger partial charge < -0.3 is 14.7 Å². The number of carbonyl (C=O) groups excluding carboxylic acids is 1. The number of amides is 1. The van der Waals surface area contributed by atoms with Crippen LogP contribution >= 0.6 is 0 Å². The van der Waals surface area contributed by atoms with Gasteiger partial charge in [0, 0.05) is 6.54 Å². The van der Waals surface area contributed by atoms with Gasteiger partial charge in [0.2, 0.25) is 5.91 Å². The Kier molecular flexibility index (Phi) is 3.15. The molecule has 0 aromatic carbocycles. The van der Waals surface area contributed by atoms with Gasteiger partial charge in [0.15, 0.2) is 0 Å². The number of aliphatic carboxylic acids is 1. The molecule has 3 aliphatic heterocycles. The number of likely N-dealkylation sites (tertiary alicyclic amines) is 1. The molecular formula is C17H21NO4. The highest BCUT2D eigenvalue weighted by atomic mass is 16.5. The van der Waals surface area contributed by atoms with Crippen LogP contribution in [0.25, 0.3) is 0 Å². The number of allylic oxidation sites excluding steroid dienone is 1. The normalized spacial score (nSPS) is 39.3. The van der Waals surface area contributed by atoms with E-state index in [2.05, 4.69) is 6.08 Å². The van der Waals surface area contributed by atoms with E-state index >= 15 is 0 Å². The fraction of sp³-hybridized carbons (Fsp3) is 0.647. The Morgan fingerprint density at radius 1 is 1.45 bits per heavy atom. The van der Waals surface area contributed by atoms with E-state index in [0.717, 1.165) is 19.3 Å². The number of hydrogen-bond acceptors (Lipinski definition) is 3. The number of ether oxygens (including phenoxy) is 1. The quantitative estimate of drug-likeness (QED) is 0.803. The predicted octanol–water partition coefficient (Wildman–Crippen LogP) is 1.74. The van der Waals surface area contributed by atoms with Crippen molar-refractivity contribution in [3.63, 3.8) is 0 Å². The van der Waals surface area contributed by atoms with E-state index in [1.165, 1.54) is 18.4 Å². The average molecular weight is 303 g/mol. The van der Waals surface area contributed by atoms with Crippen LogP contribution < -0.4 is 0 Å². The number of carboxylic acids is 1. The molecule has 4 unspecified atom stereocenters. The highest BCUT2D eigenvalue weighted by molar-refractivity contribution is 5.90. The van der Waals surface area contributed by atoms with Crippen LogP contribution in [0.1, 0.15) is 32.1 Å². The number of carboxylic acid groups (broad SMARTS) is 1. The van der Waals surface area contributed by atoms with Crippen molar-refractivity contribution in [3.8, 4) is 0 Å². The van der Waals surface area contributed by atoms with E-state index in [1.807, 2.05) is 17.1 Å². The maximum atomic E-state index is 12.7. The molecule has 4 rings (SSSR count). The van der Waals surface area contributed by atoms with Gasteiger partial charge in [-0.1, -0.05) is 23.8 Å². The van der Waals surface area contributed by atoms with Gasteiger partial charge in [0.05, 0.1) is 18.6 Å². The third kappa shape index (κ3) is 1.95. The third-order valence-electron chi connectivity index (χ3n) is 5.55. The smallest absolute Gasteiger partial charge is 0.310 e. The summed E-state index contributed by atoms with van der Waals surface area (Å²) in [6.45, 7) is 1.18. The van der Waals surface area contributed by atoms with Crippen molar-refractivity contribution in [3.05, 3.63) is 23.8 Å². The Balaban J connectivity index is 1.49. The number of fused-ring (bicyclic) bond motifs is 1. The lowest BCUT2D eigenvalue weighted by Crippen LogP contribution is -2.39. The minimum absolute atomic E-state index is 0.0457. The highest BCUT2D eigenvalue weighted by Gasteiger charge is 2.66. The SMILES string of the molecule is O=C(O)C1C2C=CC3(CN(CCC4=CCCCC4)C(=O)C13)O2. The topological polar surface area (TPSA) is 66.8 Å². The molecule has 4 atom stereocenters. The molecule has 22 heavy (non-hydrogen) atoms. The third-order valence-corrected chi connectivity index (χ3v) is 5.55. The zero-order chi connectivity index (χ0) is 15.3. The fourth-order valence-corrected chi connectivity index (χ4v) is 4.46. The lowest BCUT2D eigenvalue weighted by molar-refractivity contribution is -0.148. The first-order valence-corrected chi connectivity index (χ1v) is 8.17. The summed E-state index contributed by atoms with van der Waals surface area (Å²) < 4.78 is 5.88. The summed E-state index contributed by atoms with van der Waals surface area (Å²) >= 11 is 0. The van der Waals surface area contributed by atoms with Crippen molar-refractivity contribution in [2.75, 3.05) is 13.1 Å². The maximum Gasteiger partial charge on any atom is 0.310 e. The number of carbonyl (C=O) groups is 2. The van der Waals surface area contributed by atoms with E-state index in [4.69, 9.17) is 4.74 Å². The largest absolute Gasteiger partial charge is 0.481 e. The summed E-state index contributed by atoms with van der Waals surface area (Å²) in [5.74, 6) is -2.24.